The number of rotatable bonds is 5. The molecule has 2 heterocycles. The highest BCUT2D eigenvalue weighted by Crippen LogP contribution is 2.30. The number of anilines is 1. The molecule has 1 fully saturated rings. The Kier molecular flexibility index (Phi) is 5.23. The van der Waals surface area contributed by atoms with Crippen molar-refractivity contribution >= 4 is 5.95 Å². The van der Waals surface area contributed by atoms with E-state index in [1.54, 1.807) is 0 Å². The van der Waals surface area contributed by atoms with Gasteiger partial charge in [-0.3, -0.25) is 0 Å². The third kappa shape index (κ3) is 3.99. The molecular weight excluding hydrogens is 312 g/mol. The van der Waals surface area contributed by atoms with Crippen molar-refractivity contribution in [2.24, 2.45) is 0 Å². The summed E-state index contributed by atoms with van der Waals surface area (Å²) in [5, 5.41) is 3.60. The number of hydrogen-bond donors (Lipinski definition) is 1. The number of hydrogen-bond acceptors (Lipinski definition) is 5. The molecule has 1 aromatic heterocycles. The van der Waals surface area contributed by atoms with E-state index < -0.39 is 0 Å². The Balaban J connectivity index is 1.30. The zero-order chi connectivity index (χ0) is 16.9. The second-order valence-electron chi connectivity index (χ2n) is 6.91. The lowest BCUT2D eigenvalue weighted by Gasteiger charge is -2.27. The zero-order valence-corrected chi connectivity index (χ0v) is 14.7. The molecular formula is C20H26N4O. The van der Waals surface area contributed by atoms with Crippen LogP contribution in [-0.4, -0.2) is 42.8 Å². The molecule has 132 valence electrons. The lowest BCUT2D eigenvalue weighted by molar-refractivity contribution is 0.122. The first-order chi connectivity index (χ1) is 12.4. The van der Waals surface area contributed by atoms with Crippen molar-refractivity contribution in [1.82, 2.24) is 15.3 Å². The highest BCUT2D eigenvalue weighted by molar-refractivity contribution is 5.33. The molecule has 5 nitrogen and oxygen atoms in total. The monoisotopic (exact) mass is 338 g/mol. The van der Waals surface area contributed by atoms with Crippen molar-refractivity contribution < 1.29 is 4.74 Å². The number of benzene rings is 1. The van der Waals surface area contributed by atoms with E-state index in [2.05, 4.69) is 44.5 Å². The molecule has 2 aromatic rings. The molecule has 0 saturated carbocycles. The summed E-state index contributed by atoms with van der Waals surface area (Å²) in [5.74, 6) is 1.44. The van der Waals surface area contributed by atoms with Gasteiger partial charge >= 0.3 is 0 Å². The molecule has 2 aliphatic rings. The molecule has 1 N–H and O–H groups in total. The van der Waals surface area contributed by atoms with Crippen LogP contribution in [0.3, 0.4) is 0 Å². The normalized spacial score (nSPS) is 20.3. The molecule has 25 heavy (non-hydrogen) atoms. The first-order valence-electron chi connectivity index (χ1n) is 9.32. The minimum Gasteiger partial charge on any atom is -0.378 e. The van der Waals surface area contributed by atoms with Crippen LogP contribution in [0, 0.1) is 0 Å². The molecule has 1 aliphatic carbocycles. The largest absolute Gasteiger partial charge is 0.378 e. The van der Waals surface area contributed by atoms with Gasteiger partial charge in [0.25, 0.3) is 0 Å². The fourth-order valence-electron chi connectivity index (χ4n) is 3.82. The Morgan fingerprint density at radius 3 is 2.76 bits per heavy atom. The molecule has 0 spiro atoms. The van der Waals surface area contributed by atoms with Gasteiger partial charge in [0.15, 0.2) is 0 Å². The first kappa shape index (κ1) is 16.5. The molecule has 4 rings (SSSR count). The zero-order valence-electron chi connectivity index (χ0n) is 14.7. The summed E-state index contributed by atoms with van der Waals surface area (Å²) in [6.07, 6.45) is 7.68. The number of fused-ring (bicyclic) bond motifs is 1. The van der Waals surface area contributed by atoms with Crippen molar-refractivity contribution in [3.63, 3.8) is 0 Å². The average molecular weight is 338 g/mol. The third-order valence-electron chi connectivity index (χ3n) is 5.20. The van der Waals surface area contributed by atoms with Gasteiger partial charge in [0.05, 0.1) is 13.2 Å². The van der Waals surface area contributed by atoms with E-state index in [1.807, 2.05) is 12.4 Å². The summed E-state index contributed by atoms with van der Waals surface area (Å²) in [4.78, 5) is 11.2. The van der Waals surface area contributed by atoms with E-state index in [-0.39, 0.29) is 0 Å². The molecule has 1 atom stereocenters. The molecule has 1 aromatic carbocycles. The van der Waals surface area contributed by atoms with Gasteiger partial charge in [-0.1, -0.05) is 24.3 Å². The van der Waals surface area contributed by atoms with E-state index in [0.29, 0.717) is 5.92 Å². The predicted molar refractivity (Wildman–Crippen MR) is 98.9 cm³/mol. The number of aromatic nitrogens is 2. The summed E-state index contributed by atoms with van der Waals surface area (Å²) in [7, 11) is 0. The maximum atomic E-state index is 5.37. The van der Waals surface area contributed by atoms with Crippen molar-refractivity contribution in [3.05, 3.63) is 53.3 Å². The maximum Gasteiger partial charge on any atom is 0.225 e. The van der Waals surface area contributed by atoms with Gasteiger partial charge in [-0.25, -0.2) is 9.97 Å². The Morgan fingerprint density at radius 2 is 1.92 bits per heavy atom. The number of nitrogens with one attached hydrogen (secondary N) is 1. The second kappa shape index (κ2) is 7.93. The lowest BCUT2D eigenvalue weighted by Crippen LogP contribution is -2.37. The summed E-state index contributed by atoms with van der Waals surface area (Å²) in [6, 6.07) is 8.89. The van der Waals surface area contributed by atoms with Crippen molar-refractivity contribution in [2.75, 3.05) is 37.7 Å². The highest BCUT2D eigenvalue weighted by atomic mass is 16.5. The smallest absolute Gasteiger partial charge is 0.225 e. The van der Waals surface area contributed by atoms with Crippen LogP contribution in [0.4, 0.5) is 5.95 Å². The molecule has 0 amide bonds. The molecule has 1 unspecified atom stereocenters. The van der Waals surface area contributed by atoms with E-state index in [4.69, 9.17) is 4.74 Å². The van der Waals surface area contributed by atoms with Crippen LogP contribution in [-0.2, 0) is 17.7 Å². The summed E-state index contributed by atoms with van der Waals surface area (Å²) in [6.45, 7) is 5.10. The number of aryl methyl sites for hydroxylation is 1. The van der Waals surface area contributed by atoms with E-state index in [1.165, 1.54) is 30.4 Å². The number of nitrogens with zero attached hydrogens (tertiary/aromatic N) is 3. The van der Waals surface area contributed by atoms with Crippen LogP contribution < -0.4 is 10.2 Å². The Labute approximate surface area is 149 Å². The lowest BCUT2D eigenvalue weighted by atomic mass is 9.83. The highest BCUT2D eigenvalue weighted by Gasteiger charge is 2.19. The van der Waals surface area contributed by atoms with Crippen molar-refractivity contribution in [2.45, 2.75) is 31.7 Å². The molecule has 5 heteroatoms. The van der Waals surface area contributed by atoms with Crippen LogP contribution in [0.15, 0.2) is 36.7 Å². The van der Waals surface area contributed by atoms with Gasteiger partial charge < -0.3 is 15.0 Å². The van der Waals surface area contributed by atoms with Gasteiger partial charge in [-0.15, -0.1) is 0 Å². The molecule has 1 aliphatic heterocycles. The molecule has 0 radical (unpaired) electrons. The summed E-state index contributed by atoms with van der Waals surface area (Å²) >= 11 is 0. The van der Waals surface area contributed by atoms with Crippen molar-refractivity contribution in [3.8, 4) is 0 Å². The fraction of sp³-hybridized carbons (Fsp3) is 0.500. The summed E-state index contributed by atoms with van der Waals surface area (Å²) in [5.41, 5.74) is 4.19. The Bertz CT molecular complexity index is 682. The van der Waals surface area contributed by atoms with E-state index >= 15 is 0 Å². The number of morpholine rings is 1. The summed E-state index contributed by atoms with van der Waals surface area (Å²) < 4.78 is 5.37. The van der Waals surface area contributed by atoms with E-state index in [9.17, 15) is 0 Å². The van der Waals surface area contributed by atoms with Crippen molar-refractivity contribution in [1.29, 1.82) is 0 Å². The van der Waals surface area contributed by atoms with Crippen LogP contribution >= 0.6 is 0 Å². The quantitative estimate of drug-likeness (QED) is 0.908. The van der Waals surface area contributed by atoms with Gasteiger partial charge in [0, 0.05) is 44.1 Å². The third-order valence-corrected chi connectivity index (χ3v) is 5.20. The van der Waals surface area contributed by atoms with Crippen LogP contribution in [0.5, 0.6) is 0 Å². The Morgan fingerprint density at radius 1 is 1.12 bits per heavy atom. The van der Waals surface area contributed by atoms with Crippen LogP contribution in [0.2, 0.25) is 0 Å². The predicted octanol–water partition coefficient (Wildman–Crippen LogP) is 2.52. The second-order valence-corrected chi connectivity index (χ2v) is 6.91. The van der Waals surface area contributed by atoms with E-state index in [0.717, 1.165) is 50.9 Å². The van der Waals surface area contributed by atoms with Gasteiger partial charge in [-0.05, 0) is 36.3 Å². The standard InChI is InChI=1S/C20H26N4O/c1-2-7-19-17(4-1)5-3-6-18(19)15-21-12-16-13-22-20(23-14-16)24-8-10-25-11-9-24/h1-2,4,7,13-14,18,21H,3,5-6,8-12,15H2. The molecule has 0 bridgehead atoms. The maximum absolute atomic E-state index is 5.37. The minimum absolute atomic E-state index is 0.624. The first-order valence-corrected chi connectivity index (χ1v) is 9.32. The average Bonchev–Trinajstić information content (AvgIpc) is 2.69. The molecule has 1 saturated heterocycles. The topological polar surface area (TPSA) is 50.3 Å². The SMILES string of the molecule is c1ccc2c(c1)CCCC2CNCc1cnc(N2CCOCC2)nc1. The minimum atomic E-state index is 0.624. The van der Waals surface area contributed by atoms with Gasteiger partial charge in [0.1, 0.15) is 0 Å². The van der Waals surface area contributed by atoms with Gasteiger partial charge in [-0.2, -0.15) is 0 Å². The van der Waals surface area contributed by atoms with Crippen LogP contribution in [0.1, 0.15) is 35.4 Å². The fourth-order valence-corrected chi connectivity index (χ4v) is 3.82. The van der Waals surface area contributed by atoms with Crippen LogP contribution in [0.25, 0.3) is 0 Å². The Hall–Kier alpha value is -1.98. The van der Waals surface area contributed by atoms with Gasteiger partial charge in [0.2, 0.25) is 5.95 Å². The number of ether oxygens (including phenoxy) is 1.